The van der Waals surface area contributed by atoms with Crippen LogP contribution >= 0.6 is 22.7 Å². The number of nitrogens with zero attached hydrogens (tertiary/aromatic N) is 3. The number of fused-ring (bicyclic) bond motifs is 1. The maximum Gasteiger partial charge on any atom is 0.339 e. The van der Waals surface area contributed by atoms with Crippen LogP contribution in [-0.4, -0.2) is 33.2 Å². The molecule has 1 amide bonds. The number of esters is 1. The lowest BCUT2D eigenvalue weighted by Crippen LogP contribution is -2.28. The van der Waals surface area contributed by atoms with E-state index in [-0.39, 0.29) is 12.5 Å². The van der Waals surface area contributed by atoms with Gasteiger partial charge in [0, 0.05) is 11.4 Å². The minimum atomic E-state index is -0.572. The minimum absolute atomic E-state index is 0.343. The predicted octanol–water partition coefficient (Wildman–Crippen LogP) is 3.71. The van der Waals surface area contributed by atoms with Crippen LogP contribution in [0.25, 0.3) is 21.6 Å². The molecule has 29 heavy (non-hydrogen) atoms. The zero-order chi connectivity index (χ0) is 20.2. The molecule has 0 atom stereocenters. The third-order valence-corrected chi connectivity index (χ3v) is 6.05. The Morgan fingerprint density at radius 2 is 2.03 bits per heavy atom. The first kappa shape index (κ1) is 19.3. The number of aryl methyl sites for hydroxylation is 1. The minimum Gasteiger partial charge on any atom is -0.452 e. The summed E-state index contributed by atoms with van der Waals surface area (Å²) in [6, 6.07) is 9.42. The molecule has 4 aromatic rings. The Labute approximate surface area is 175 Å². The molecule has 0 saturated carbocycles. The van der Waals surface area contributed by atoms with Gasteiger partial charge in [0.25, 0.3) is 5.91 Å². The second-order valence-corrected chi connectivity index (χ2v) is 8.14. The van der Waals surface area contributed by atoms with Crippen molar-refractivity contribution in [1.29, 1.82) is 0 Å². The van der Waals surface area contributed by atoms with Crippen LogP contribution in [0.4, 0.5) is 0 Å². The standard InChI is InChI=1S/C20H18N4O3S2/c1-2-24-19-15(11-22-24)14(9-16(23-19)17-6-4-8-29-17)20(26)27-12-18(25)21-10-13-5-3-7-28-13/h3-9,11H,2,10,12H2,1H3,(H,21,25). The van der Waals surface area contributed by atoms with Crippen molar-refractivity contribution in [3.63, 3.8) is 0 Å². The summed E-state index contributed by atoms with van der Waals surface area (Å²) in [7, 11) is 0. The number of hydrogen-bond acceptors (Lipinski definition) is 7. The predicted molar refractivity (Wildman–Crippen MR) is 113 cm³/mol. The highest BCUT2D eigenvalue weighted by atomic mass is 32.1. The lowest BCUT2D eigenvalue weighted by atomic mass is 10.1. The number of carbonyl (C=O) groups excluding carboxylic acids is 2. The molecule has 0 saturated heterocycles. The molecule has 0 bridgehead atoms. The highest BCUT2D eigenvalue weighted by Crippen LogP contribution is 2.28. The van der Waals surface area contributed by atoms with Crippen LogP contribution in [0, 0.1) is 0 Å². The summed E-state index contributed by atoms with van der Waals surface area (Å²) in [4.78, 5) is 31.4. The summed E-state index contributed by atoms with van der Waals surface area (Å²) < 4.78 is 7.01. The van der Waals surface area contributed by atoms with Crippen LogP contribution in [0.5, 0.6) is 0 Å². The van der Waals surface area contributed by atoms with Crippen molar-refractivity contribution < 1.29 is 14.3 Å². The van der Waals surface area contributed by atoms with Gasteiger partial charge in [-0.2, -0.15) is 5.10 Å². The van der Waals surface area contributed by atoms with Gasteiger partial charge in [-0.15, -0.1) is 22.7 Å². The normalized spacial score (nSPS) is 10.9. The summed E-state index contributed by atoms with van der Waals surface area (Å²) in [6.07, 6.45) is 1.61. The van der Waals surface area contributed by atoms with Gasteiger partial charge in [-0.05, 0) is 35.9 Å². The zero-order valence-electron chi connectivity index (χ0n) is 15.6. The molecular formula is C20H18N4O3S2. The van der Waals surface area contributed by atoms with Gasteiger partial charge in [0.15, 0.2) is 12.3 Å². The smallest absolute Gasteiger partial charge is 0.339 e. The van der Waals surface area contributed by atoms with Crippen LogP contribution in [0.3, 0.4) is 0 Å². The molecule has 0 spiro atoms. The van der Waals surface area contributed by atoms with Crippen LogP contribution in [0.15, 0.2) is 47.3 Å². The van der Waals surface area contributed by atoms with E-state index in [0.29, 0.717) is 35.4 Å². The van der Waals surface area contributed by atoms with E-state index in [1.54, 1.807) is 28.3 Å². The van der Waals surface area contributed by atoms with Gasteiger partial charge in [-0.3, -0.25) is 4.79 Å². The highest BCUT2D eigenvalue weighted by Gasteiger charge is 2.19. The number of nitrogens with one attached hydrogen (secondary N) is 1. The molecule has 1 N–H and O–H groups in total. The molecule has 0 radical (unpaired) electrons. The largest absolute Gasteiger partial charge is 0.452 e. The van der Waals surface area contributed by atoms with E-state index in [2.05, 4.69) is 15.4 Å². The molecule has 0 aliphatic heterocycles. The van der Waals surface area contributed by atoms with Crippen LogP contribution < -0.4 is 5.32 Å². The van der Waals surface area contributed by atoms with E-state index in [1.165, 1.54) is 11.3 Å². The van der Waals surface area contributed by atoms with Gasteiger partial charge in [-0.25, -0.2) is 14.5 Å². The summed E-state index contributed by atoms with van der Waals surface area (Å²) in [5, 5.41) is 11.5. The number of pyridine rings is 1. The number of ether oxygens (including phenoxy) is 1. The molecule has 0 aliphatic carbocycles. The van der Waals surface area contributed by atoms with Gasteiger partial charge in [0.2, 0.25) is 0 Å². The van der Waals surface area contributed by atoms with E-state index in [9.17, 15) is 9.59 Å². The number of carbonyl (C=O) groups is 2. The first-order valence-electron chi connectivity index (χ1n) is 9.02. The van der Waals surface area contributed by atoms with Crippen molar-refractivity contribution in [3.8, 4) is 10.6 Å². The van der Waals surface area contributed by atoms with Crippen LogP contribution in [0.1, 0.15) is 22.2 Å². The van der Waals surface area contributed by atoms with E-state index >= 15 is 0 Å². The van der Waals surface area contributed by atoms with E-state index < -0.39 is 5.97 Å². The fraction of sp³-hybridized carbons (Fsp3) is 0.200. The van der Waals surface area contributed by atoms with Crippen molar-refractivity contribution in [1.82, 2.24) is 20.1 Å². The Bertz CT molecular complexity index is 1130. The lowest BCUT2D eigenvalue weighted by Gasteiger charge is -2.08. The monoisotopic (exact) mass is 426 g/mol. The average molecular weight is 427 g/mol. The number of amides is 1. The summed E-state index contributed by atoms with van der Waals surface area (Å²) in [6.45, 7) is 2.66. The molecule has 7 nitrogen and oxygen atoms in total. The third-order valence-electron chi connectivity index (χ3n) is 4.28. The quantitative estimate of drug-likeness (QED) is 0.455. The van der Waals surface area contributed by atoms with Gasteiger partial charge < -0.3 is 10.1 Å². The highest BCUT2D eigenvalue weighted by molar-refractivity contribution is 7.13. The maximum atomic E-state index is 12.8. The van der Waals surface area contributed by atoms with Gasteiger partial charge in [-0.1, -0.05) is 12.1 Å². The molecule has 9 heteroatoms. The molecule has 0 aromatic carbocycles. The first-order valence-corrected chi connectivity index (χ1v) is 10.8. The van der Waals surface area contributed by atoms with E-state index in [1.807, 2.05) is 41.9 Å². The lowest BCUT2D eigenvalue weighted by molar-refractivity contribution is -0.124. The molecule has 4 rings (SSSR count). The molecule has 4 aromatic heterocycles. The molecule has 0 aliphatic rings. The Balaban J connectivity index is 1.53. The number of rotatable bonds is 7. The Hall–Kier alpha value is -3.04. The zero-order valence-corrected chi connectivity index (χ0v) is 17.3. The fourth-order valence-corrected chi connectivity index (χ4v) is 4.19. The van der Waals surface area contributed by atoms with Crippen LogP contribution in [0.2, 0.25) is 0 Å². The fourth-order valence-electron chi connectivity index (χ4n) is 2.86. The van der Waals surface area contributed by atoms with Crippen LogP contribution in [-0.2, 0) is 22.6 Å². The van der Waals surface area contributed by atoms with E-state index in [0.717, 1.165) is 9.75 Å². The number of thiophene rings is 2. The molecule has 148 valence electrons. The van der Waals surface area contributed by atoms with Gasteiger partial charge in [0.05, 0.1) is 34.3 Å². The summed E-state index contributed by atoms with van der Waals surface area (Å²) in [5.41, 5.74) is 1.65. The van der Waals surface area contributed by atoms with Crippen molar-refractivity contribution in [2.24, 2.45) is 0 Å². The molecule has 4 heterocycles. The molecule has 0 fully saturated rings. The summed E-state index contributed by atoms with van der Waals surface area (Å²) >= 11 is 3.09. The second kappa shape index (κ2) is 8.54. The van der Waals surface area contributed by atoms with Crippen molar-refractivity contribution in [2.75, 3.05) is 6.61 Å². The average Bonchev–Trinajstić information content (AvgIpc) is 3.50. The SMILES string of the molecule is CCn1ncc2c(C(=O)OCC(=O)NCc3cccs3)cc(-c3cccs3)nc21. The maximum absolute atomic E-state index is 12.8. The Morgan fingerprint density at radius 3 is 2.76 bits per heavy atom. The Kier molecular flexibility index (Phi) is 5.68. The number of aromatic nitrogens is 3. The third kappa shape index (κ3) is 4.20. The second-order valence-electron chi connectivity index (χ2n) is 6.16. The van der Waals surface area contributed by atoms with Gasteiger partial charge in [0.1, 0.15) is 0 Å². The molecule has 0 unspecified atom stereocenters. The first-order chi connectivity index (χ1) is 14.2. The Morgan fingerprint density at radius 1 is 1.21 bits per heavy atom. The van der Waals surface area contributed by atoms with E-state index in [4.69, 9.17) is 4.74 Å². The van der Waals surface area contributed by atoms with Crippen molar-refractivity contribution in [2.45, 2.75) is 20.0 Å². The molecular weight excluding hydrogens is 408 g/mol. The summed E-state index contributed by atoms with van der Waals surface area (Å²) in [5.74, 6) is -0.920. The van der Waals surface area contributed by atoms with Crippen molar-refractivity contribution in [3.05, 3.63) is 57.7 Å². The number of hydrogen-bond donors (Lipinski definition) is 1. The van der Waals surface area contributed by atoms with Crippen molar-refractivity contribution >= 4 is 45.6 Å². The van der Waals surface area contributed by atoms with Gasteiger partial charge >= 0.3 is 5.97 Å². The topological polar surface area (TPSA) is 86.1 Å².